The molecule has 0 bridgehead atoms. The van der Waals surface area contributed by atoms with Gasteiger partial charge < -0.3 is 10.5 Å². The number of nitrogens with zero attached hydrogens (tertiary/aromatic N) is 1. The summed E-state index contributed by atoms with van der Waals surface area (Å²) >= 11 is 0. The first-order chi connectivity index (χ1) is 8.01. The van der Waals surface area contributed by atoms with Gasteiger partial charge in [-0.3, -0.25) is 5.10 Å². The number of ether oxygens (including phenoxy) is 1. The molecule has 1 aromatic rings. The second kappa shape index (κ2) is 5.75. The molecule has 0 aliphatic heterocycles. The third-order valence-electron chi connectivity index (χ3n) is 1.76. The fourth-order valence-corrected chi connectivity index (χ4v) is 2.00. The van der Waals surface area contributed by atoms with Gasteiger partial charge in [-0.15, -0.1) is 0 Å². The fourth-order valence-electron chi connectivity index (χ4n) is 1.02. The summed E-state index contributed by atoms with van der Waals surface area (Å²) in [5.74, 6) is -0.677. The molecule has 0 saturated heterocycles. The number of aromatic nitrogens is 2. The van der Waals surface area contributed by atoms with Gasteiger partial charge in [-0.2, -0.15) is 5.10 Å². The van der Waals surface area contributed by atoms with Crippen LogP contribution in [0.2, 0.25) is 0 Å². The highest BCUT2D eigenvalue weighted by atomic mass is 32.2. The molecule has 1 aromatic heterocycles. The minimum Gasteiger partial charge on any atom is -0.461 e. The maximum atomic E-state index is 11.6. The van der Waals surface area contributed by atoms with Crippen molar-refractivity contribution in [2.24, 2.45) is 5.73 Å². The number of H-pyrrole nitrogens is 1. The normalized spacial score (nSPS) is 11.4. The minimum absolute atomic E-state index is 0.0834. The maximum Gasteiger partial charge on any atom is 0.358 e. The number of rotatable bonds is 6. The molecule has 0 spiro atoms. The first-order valence-corrected chi connectivity index (χ1v) is 6.42. The van der Waals surface area contributed by atoms with Crippen molar-refractivity contribution in [3.63, 3.8) is 0 Å². The zero-order valence-electron chi connectivity index (χ0n) is 9.26. The summed E-state index contributed by atoms with van der Waals surface area (Å²) in [6.45, 7) is 2.12. The van der Waals surface area contributed by atoms with Crippen LogP contribution < -0.4 is 10.5 Å². The number of sulfonamides is 1. The Hall–Kier alpha value is -1.45. The van der Waals surface area contributed by atoms with Gasteiger partial charge in [-0.25, -0.2) is 17.9 Å². The first-order valence-electron chi connectivity index (χ1n) is 4.93. The van der Waals surface area contributed by atoms with Gasteiger partial charge in [0.2, 0.25) is 0 Å². The van der Waals surface area contributed by atoms with E-state index in [1.165, 1.54) is 0 Å². The second-order valence-electron chi connectivity index (χ2n) is 3.02. The summed E-state index contributed by atoms with van der Waals surface area (Å²) < 4.78 is 30.1. The number of esters is 1. The molecule has 1 heterocycles. The van der Waals surface area contributed by atoms with Gasteiger partial charge in [0.05, 0.1) is 6.61 Å². The Bertz CT molecular complexity index is 481. The van der Waals surface area contributed by atoms with E-state index in [-0.39, 0.29) is 30.4 Å². The van der Waals surface area contributed by atoms with E-state index in [0.717, 1.165) is 6.07 Å². The summed E-state index contributed by atoms with van der Waals surface area (Å²) in [5, 5.41) is 5.61. The fraction of sp³-hybridized carbons (Fsp3) is 0.500. The van der Waals surface area contributed by atoms with Crippen LogP contribution in [0.15, 0.2) is 11.1 Å². The summed E-state index contributed by atoms with van der Waals surface area (Å²) in [7, 11) is -3.71. The van der Waals surface area contributed by atoms with Gasteiger partial charge in [0.25, 0.3) is 10.0 Å². The largest absolute Gasteiger partial charge is 0.461 e. The van der Waals surface area contributed by atoms with E-state index in [9.17, 15) is 13.2 Å². The van der Waals surface area contributed by atoms with Gasteiger partial charge in [0, 0.05) is 19.2 Å². The van der Waals surface area contributed by atoms with E-state index in [0.29, 0.717) is 0 Å². The molecule has 0 saturated carbocycles. The molecule has 0 aromatic carbocycles. The van der Waals surface area contributed by atoms with Crippen molar-refractivity contribution < 1.29 is 17.9 Å². The Morgan fingerprint density at radius 3 is 2.94 bits per heavy atom. The van der Waals surface area contributed by atoms with Crippen LogP contribution in [0, 0.1) is 0 Å². The Labute approximate surface area is 98.6 Å². The lowest BCUT2D eigenvalue weighted by molar-refractivity contribution is 0.0519. The monoisotopic (exact) mass is 262 g/mol. The summed E-state index contributed by atoms with van der Waals surface area (Å²) in [6.07, 6.45) is 0. The number of hydrogen-bond acceptors (Lipinski definition) is 6. The number of hydrogen-bond donors (Lipinski definition) is 3. The van der Waals surface area contributed by atoms with Gasteiger partial charge in [-0.05, 0) is 6.92 Å². The van der Waals surface area contributed by atoms with Gasteiger partial charge in [0.1, 0.15) is 0 Å². The van der Waals surface area contributed by atoms with Crippen molar-refractivity contribution in [2.75, 3.05) is 19.7 Å². The number of nitrogens with one attached hydrogen (secondary N) is 2. The molecular weight excluding hydrogens is 248 g/mol. The number of aromatic amines is 1. The maximum absolute atomic E-state index is 11.6. The van der Waals surface area contributed by atoms with Gasteiger partial charge in [-0.1, -0.05) is 0 Å². The molecule has 0 atom stereocenters. The summed E-state index contributed by atoms with van der Waals surface area (Å²) in [6, 6.07) is 1.11. The van der Waals surface area contributed by atoms with E-state index < -0.39 is 16.0 Å². The Kier molecular flexibility index (Phi) is 4.61. The van der Waals surface area contributed by atoms with Crippen LogP contribution in [-0.2, 0) is 14.8 Å². The predicted molar refractivity (Wildman–Crippen MR) is 58.8 cm³/mol. The molecule has 0 amide bonds. The zero-order valence-corrected chi connectivity index (χ0v) is 10.1. The quantitative estimate of drug-likeness (QED) is 0.554. The second-order valence-corrected chi connectivity index (χ2v) is 4.76. The highest BCUT2D eigenvalue weighted by molar-refractivity contribution is 7.89. The summed E-state index contributed by atoms with van der Waals surface area (Å²) in [4.78, 5) is 11.3. The molecule has 0 aliphatic rings. The van der Waals surface area contributed by atoms with E-state index in [4.69, 9.17) is 5.73 Å². The molecule has 17 heavy (non-hydrogen) atoms. The van der Waals surface area contributed by atoms with Crippen LogP contribution >= 0.6 is 0 Å². The number of carbonyl (C=O) groups excluding carboxylic acids is 1. The van der Waals surface area contributed by atoms with Crippen molar-refractivity contribution in [3.8, 4) is 0 Å². The molecule has 4 N–H and O–H groups in total. The molecule has 0 radical (unpaired) electrons. The lowest BCUT2D eigenvalue weighted by atomic mass is 10.4. The average Bonchev–Trinajstić information content (AvgIpc) is 2.77. The van der Waals surface area contributed by atoms with Crippen molar-refractivity contribution in [2.45, 2.75) is 11.9 Å². The van der Waals surface area contributed by atoms with Crippen LogP contribution in [0.1, 0.15) is 17.4 Å². The highest BCUT2D eigenvalue weighted by Crippen LogP contribution is 2.07. The van der Waals surface area contributed by atoms with Crippen LogP contribution in [0.4, 0.5) is 0 Å². The van der Waals surface area contributed by atoms with Crippen LogP contribution in [-0.4, -0.2) is 44.3 Å². The first kappa shape index (κ1) is 13.6. The smallest absolute Gasteiger partial charge is 0.358 e. The summed E-state index contributed by atoms with van der Waals surface area (Å²) in [5.41, 5.74) is 5.10. The van der Waals surface area contributed by atoms with Crippen LogP contribution in [0.3, 0.4) is 0 Å². The Balaban J connectivity index is 2.84. The van der Waals surface area contributed by atoms with Crippen LogP contribution in [0.5, 0.6) is 0 Å². The van der Waals surface area contributed by atoms with E-state index in [1.54, 1.807) is 6.92 Å². The minimum atomic E-state index is -3.71. The van der Waals surface area contributed by atoms with Crippen molar-refractivity contribution in [1.29, 1.82) is 0 Å². The Morgan fingerprint density at radius 2 is 2.35 bits per heavy atom. The highest BCUT2D eigenvalue weighted by Gasteiger charge is 2.19. The predicted octanol–water partition coefficient (Wildman–Crippen LogP) is -1.18. The average molecular weight is 262 g/mol. The molecule has 0 aliphatic carbocycles. The third kappa shape index (κ3) is 3.51. The number of carbonyl (C=O) groups is 1. The molecule has 96 valence electrons. The molecule has 9 heteroatoms. The van der Waals surface area contributed by atoms with Gasteiger partial charge in [0.15, 0.2) is 10.7 Å². The number of nitrogens with two attached hydrogens (primary N) is 1. The molecule has 8 nitrogen and oxygen atoms in total. The standard InChI is InChI=1S/C8H14N4O4S/c1-2-16-8(13)6-5-7(12-11-6)17(14,15)10-4-3-9/h5,10H,2-4,9H2,1H3,(H,11,12). The van der Waals surface area contributed by atoms with Crippen molar-refractivity contribution in [3.05, 3.63) is 11.8 Å². The van der Waals surface area contributed by atoms with E-state index in [1.807, 2.05) is 0 Å². The van der Waals surface area contributed by atoms with Crippen LogP contribution in [0.25, 0.3) is 0 Å². The lowest BCUT2D eigenvalue weighted by Gasteiger charge is -2.01. The van der Waals surface area contributed by atoms with Crippen molar-refractivity contribution >= 4 is 16.0 Å². The molecule has 1 rings (SSSR count). The topological polar surface area (TPSA) is 127 Å². The SMILES string of the molecule is CCOC(=O)c1cc(S(=O)(=O)NCCN)[nH]n1. The molecular formula is C8H14N4O4S. The zero-order chi connectivity index (χ0) is 12.9. The van der Waals surface area contributed by atoms with E-state index in [2.05, 4.69) is 19.7 Å². The van der Waals surface area contributed by atoms with Crippen molar-refractivity contribution in [1.82, 2.24) is 14.9 Å². The molecule has 0 unspecified atom stereocenters. The third-order valence-corrected chi connectivity index (χ3v) is 3.14. The van der Waals surface area contributed by atoms with Gasteiger partial charge >= 0.3 is 5.97 Å². The molecule has 0 fully saturated rings. The van der Waals surface area contributed by atoms with E-state index >= 15 is 0 Å². The lowest BCUT2D eigenvalue weighted by Crippen LogP contribution is -2.29. The Morgan fingerprint density at radius 1 is 1.65 bits per heavy atom.